The Hall–Kier alpha value is -2.86. The molecule has 0 saturated heterocycles. The van der Waals surface area contributed by atoms with Crippen molar-refractivity contribution in [3.63, 3.8) is 0 Å². The standard InChI is InChI=1S/C40H56/c1-31(19-13-21-33(3)25-27-37-35(5)23-15-29-39(37,7)8)17-11-12-18-32(2)20-14-22-34(4)26-28-38-36(6)24-16-30-40(38,9)10/h11-14,17-22,25-28,37-38H,5-6,15-16,23-24,29-30H2,1-4,7-10H3. The first kappa shape index (κ1) is 33.3. The SMILES string of the molecule is C=C1CCCC(C)(C)C1C=CC(C)=CC=CC(C)=CC=CC=C(C)C=CC=C(C)C=CC1C(=C)CCCC1(C)C. The normalized spacial score (nSPS) is 25.5. The van der Waals surface area contributed by atoms with Gasteiger partial charge in [-0.05, 0) is 77.0 Å². The van der Waals surface area contributed by atoms with Crippen molar-refractivity contribution in [3.8, 4) is 0 Å². The summed E-state index contributed by atoms with van der Waals surface area (Å²) in [6.07, 6.45) is 38.1. The lowest BCUT2D eigenvalue weighted by Crippen LogP contribution is -2.27. The summed E-state index contributed by atoms with van der Waals surface area (Å²) in [5, 5.41) is 0. The minimum absolute atomic E-state index is 0.311. The molecule has 2 fully saturated rings. The molecule has 0 heterocycles. The number of hydrogen-bond donors (Lipinski definition) is 0. The monoisotopic (exact) mass is 536 g/mol. The average Bonchev–Trinajstić information content (AvgIpc) is 2.85. The Morgan fingerprint density at radius 1 is 0.550 bits per heavy atom. The lowest BCUT2D eigenvalue weighted by atomic mass is 9.66. The highest BCUT2D eigenvalue weighted by molar-refractivity contribution is 5.33. The zero-order valence-corrected chi connectivity index (χ0v) is 26.9. The van der Waals surface area contributed by atoms with Crippen LogP contribution in [-0.2, 0) is 0 Å². The molecule has 0 spiro atoms. The fourth-order valence-corrected chi connectivity index (χ4v) is 5.90. The Kier molecular flexibility index (Phi) is 13.2. The van der Waals surface area contributed by atoms with Crippen molar-refractivity contribution in [2.45, 2.75) is 93.9 Å². The van der Waals surface area contributed by atoms with Crippen molar-refractivity contribution in [2.75, 3.05) is 0 Å². The van der Waals surface area contributed by atoms with Crippen LogP contribution in [0.15, 0.2) is 132 Å². The largest absolute Gasteiger partial charge is 0.0992 e. The smallest absolute Gasteiger partial charge is 0.00285 e. The van der Waals surface area contributed by atoms with E-state index in [1.807, 2.05) is 0 Å². The number of hydrogen-bond acceptors (Lipinski definition) is 0. The van der Waals surface area contributed by atoms with E-state index >= 15 is 0 Å². The van der Waals surface area contributed by atoms with Gasteiger partial charge in [0.05, 0.1) is 0 Å². The van der Waals surface area contributed by atoms with Crippen molar-refractivity contribution in [1.82, 2.24) is 0 Å². The first-order chi connectivity index (χ1) is 18.8. The van der Waals surface area contributed by atoms with Gasteiger partial charge in [-0.15, -0.1) is 0 Å². The fraction of sp³-hybridized carbons (Fsp3) is 0.450. The Labute approximate surface area is 247 Å². The molecule has 0 amide bonds. The summed E-state index contributed by atoms with van der Waals surface area (Å²) >= 11 is 0. The molecule has 0 nitrogen and oxygen atoms in total. The lowest BCUT2D eigenvalue weighted by Gasteiger charge is -2.38. The minimum Gasteiger partial charge on any atom is -0.0992 e. The summed E-state index contributed by atoms with van der Waals surface area (Å²) in [4.78, 5) is 0. The van der Waals surface area contributed by atoms with E-state index in [1.165, 1.54) is 59.1 Å². The second kappa shape index (κ2) is 15.8. The van der Waals surface area contributed by atoms with Gasteiger partial charge in [-0.1, -0.05) is 159 Å². The molecule has 0 aliphatic heterocycles. The predicted octanol–water partition coefficient (Wildman–Crippen LogP) is 12.3. The van der Waals surface area contributed by atoms with E-state index in [0.717, 1.165) is 12.8 Å². The zero-order chi connectivity index (χ0) is 29.8. The van der Waals surface area contributed by atoms with Crippen molar-refractivity contribution < 1.29 is 0 Å². The molecule has 2 saturated carbocycles. The van der Waals surface area contributed by atoms with E-state index in [4.69, 9.17) is 0 Å². The lowest BCUT2D eigenvalue weighted by molar-refractivity contribution is 0.228. The number of allylic oxidation sites excluding steroid dienone is 20. The first-order valence-corrected chi connectivity index (χ1v) is 15.3. The molecule has 2 aliphatic carbocycles. The van der Waals surface area contributed by atoms with Gasteiger partial charge in [-0.2, -0.15) is 0 Å². The van der Waals surface area contributed by atoms with Crippen LogP contribution < -0.4 is 0 Å². The molecule has 0 aromatic heterocycles. The van der Waals surface area contributed by atoms with Crippen LogP contribution in [0.25, 0.3) is 0 Å². The Morgan fingerprint density at radius 3 is 1.23 bits per heavy atom. The summed E-state index contributed by atoms with van der Waals surface area (Å²) in [5.41, 5.74) is 8.36. The second-order valence-electron chi connectivity index (χ2n) is 13.4. The molecule has 216 valence electrons. The van der Waals surface area contributed by atoms with Gasteiger partial charge >= 0.3 is 0 Å². The quantitative estimate of drug-likeness (QED) is 0.192. The van der Waals surface area contributed by atoms with Crippen LogP contribution in [0.4, 0.5) is 0 Å². The predicted molar refractivity (Wildman–Crippen MR) is 181 cm³/mol. The number of rotatable bonds is 10. The van der Waals surface area contributed by atoms with E-state index in [2.05, 4.69) is 154 Å². The highest BCUT2D eigenvalue weighted by atomic mass is 14.4. The summed E-state index contributed by atoms with van der Waals surface area (Å²) in [6.45, 7) is 26.8. The molecule has 40 heavy (non-hydrogen) atoms. The van der Waals surface area contributed by atoms with Crippen molar-refractivity contribution in [1.29, 1.82) is 0 Å². The Balaban J connectivity index is 1.86. The zero-order valence-electron chi connectivity index (χ0n) is 26.9. The van der Waals surface area contributed by atoms with Crippen LogP contribution in [0.5, 0.6) is 0 Å². The minimum atomic E-state index is 0.311. The molecule has 2 rings (SSSR count). The molecule has 2 atom stereocenters. The van der Waals surface area contributed by atoms with Crippen LogP contribution in [0, 0.1) is 22.7 Å². The van der Waals surface area contributed by atoms with E-state index < -0.39 is 0 Å². The summed E-state index contributed by atoms with van der Waals surface area (Å²) in [5.74, 6) is 0.951. The highest BCUT2D eigenvalue weighted by Gasteiger charge is 2.33. The van der Waals surface area contributed by atoms with E-state index in [9.17, 15) is 0 Å². The van der Waals surface area contributed by atoms with Crippen LogP contribution in [0.1, 0.15) is 93.9 Å². The van der Waals surface area contributed by atoms with E-state index in [0.29, 0.717) is 22.7 Å². The molecule has 0 heteroatoms. The van der Waals surface area contributed by atoms with Gasteiger partial charge < -0.3 is 0 Å². The van der Waals surface area contributed by atoms with Gasteiger partial charge in [-0.3, -0.25) is 0 Å². The van der Waals surface area contributed by atoms with Gasteiger partial charge in [0.25, 0.3) is 0 Å². The van der Waals surface area contributed by atoms with E-state index in [1.54, 1.807) is 0 Å². The van der Waals surface area contributed by atoms with Gasteiger partial charge in [0.2, 0.25) is 0 Å². The average molecular weight is 537 g/mol. The van der Waals surface area contributed by atoms with Crippen LogP contribution in [0.2, 0.25) is 0 Å². The first-order valence-electron chi connectivity index (χ1n) is 15.3. The second-order valence-corrected chi connectivity index (χ2v) is 13.4. The molecular formula is C40H56. The topological polar surface area (TPSA) is 0 Å². The third-order valence-corrected chi connectivity index (χ3v) is 8.57. The third kappa shape index (κ3) is 11.3. The van der Waals surface area contributed by atoms with Gasteiger partial charge in [-0.25, -0.2) is 0 Å². The van der Waals surface area contributed by atoms with Crippen molar-refractivity contribution in [2.24, 2.45) is 22.7 Å². The van der Waals surface area contributed by atoms with Crippen molar-refractivity contribution >= 4 is 0 Å². The highest BCUT2D eigenvalue weighted by Crippen LogP contribution is 2.44. The molecular weight excluding hydrogens is 480 g/mol. The molecule has 0 aromatic carbocycles. The van der Waals surface area contributed by atoms with Crippen LogP contribution in [0.3, 0.4) is 0 Å². The summed E-state index contributed by atoms with van der Waals surface area (Å²) < 4.78 is 0. The Morgan fingerprint density at radius 2 is 0.875 bits per heavy atom. The summed E-state index contributed by atoms with van der Waals surface area (Å²) in [7, 11) is 0. The van der Waals surface area contributed by atoms with Gasteiger partial charge in [0, 0.05) is 11.8 Å². The van der Waals surface area contributed by atoms with Crippen molar-refractivity contribution in [3.05, 3.63) is 132 Å². The molecule has 0 bridgehead atoms. The fourth-order valence-electron chi connectivity index (χ4n) is 5.90. The maximum atomic E-state index is 4.34. The maximum Gasteiger partial charge on any atom is 0.00285 e. The molecule has 2 aliphatic rings. The van der Waals surface area contributed by atoms with Gasteiger partial charge in [0.1, 0.15) is 0 Å². The Bertz CT molecular complexity index is 1060. The molecule has 0 N–H and O–H groups in total. The maximum absolute atomic E-state index is 4.34. The summed E-state index contributed by atoms with van der Waals surface area (Å²) in [6, 6.07) is 0. The van der Waals surface area contributed by atoms with Gasteiger partial charge in [0.15, 0.2) is 0 Å². The molecule has 0 aromatic rings. The molecule has 0 radical (unpaired) electrons. The van der Waals surface area contributed by atoms with Crippen LogP contribution in [-0.4, -0.2) is 0 Å². The molecule has 2 unspecified atom stereocenters. The van der Waals surface area contributed by atoms with Crippen LogP contribution >= 0.6 is 0 Å². The van der Waals surface area contributed by atoms with E-state index in [-0.39, 0.29) is 0 Å². The third-order valence-electron chi connectivity index (χ3n) is 8.57.